The van der Waals surface area contributed by atoms with Gasteiger partial charge >= 0.3 is 5.97 Å². The van der Waals surface area contributed by atoms with E-state index < -0.39 is 11.4 Å². The van der Waals surface area contributed by atoms with Crippen LogP contribution in [0.1, 0.15) is 70.3 Å². The van der Waals surface area contributed by atoms with Crippen molar-refractivity contribution in [3.63, 3.8) is 0 Å². The molecular formula is C25H33N5O4. The number of benzene rings is 1. The lowest BCUT2D eigenvalue weighted by molar-refractivity contribution is -0.145. The number of likely N-dealkylation sites (tertiary alicyclic amines) is 1. The molecule has 9 nitrogen and oxygen atoms in total. The maximum absolute atomic E-state index is 13.0. The molecule has 182 valence electrons. The Bertz CT molecular complexity index is 1030. The molecule has 3 N–H and O–H groups in total. The van der Waals surface area contributed by atoms with Crippen LogP contribution in [0.2, 0.25) is 0 Å². The first kappa shape index (κ1) is 22.8. The number of aliphatic carboxylic acids is 1. The molecule has 3 fully saturated rings. The van der Waals surface area contributed by atoms with E-state index in [1.54, 1.807) is 24.1 Å². The summed E-state index contributed by atoms with van der Waals surface area (Å²) in [5.41, 5.74) is 3.57. The lowest BCUT2D eigenvalue weighted by Crippen LogP contribution is -2.45. The number of carbonyl (C=O) groups is 2. The van der Waals surface area contributed by atoms with Crippen LogP contribution in [0.4, 0.5) is 5.69 Å². The molecule has 2 saturated carbocycles. The molecule has 1 aromatic carbocycles. The van der Waals surface area contributed by atoms with Crippen LogP contribution in [0.15, 0.2) is 28.4 Å². The third kappa shape index (κ3) is 4.17. The maximum atomic E-state index is 13.0. The molecule has 1 amide bonds. The second kappa shape index (κ2) is 9.02. The van der Waals surface area contributed by atoms with Crippen LogP contribution < -0.4 is 5.43 Å². The maximum Gasteiger partial charge on any atom is 0.314 e. The average molecular weight is 468 g/mol. The standard InChI is InChI=1S/C25H33N5O4/c1-16-22(23(32)30(28-16)19-9-13-29(14-10-19)18-6-7-18)27-26-17-5-8-20(21(31)15-17)25(24(33)34)11-3-2-4-12-25/h5,8,15,18-19,26,31H,2-4,6-7,9-14H2,1H3,(H,33,34). The summed E-state index contributed by atoms with van der Waals surface area (Å²) in [4.78, 5) is 27.6. The molecular weight excluding hydrogens is 434 g/mol. The number of aromatic hydroxyl groups is 1. The number of anilines is 1. The van der Waals surface area contributed by atoms with Crippen molar-refractivity contribution in [3.8, 4) is 5.75 Å². The molecule has 2 heterocycles. The van der Waals surface area contributed by atoms with E-state index in [4.69, 9.17) is 0 Å². The molecule has 0 spiro atoms. The van der Waals surface area contributed by atoms with Crippen LogP contribution in [-0.2, 0) is 15.0 Å². The number of hydrogen-bond donors (Lipinski definition) is 3. The van der Waals surface area contributed by atoms with E-state index >= 15 is 0 Å². The zero-order valence-electron chi connectivity index (χ0n) is 19.7. The fraction of sp³-hybridized carbons (Fsp3) is 0.600. The molecule has 9 heteroatoms. The molecule has 5 rings (SSSR count). The fourth-order valence-electron chi connectivity index (χ4n) is 5.71. The number of hydrazone groups is 2. The number of nitrogens with one attached hydrogen (secondary N) is 1. The van der Waals surface area contributed by atoms with Gasteiger partial charge in [-0.05, 0) is 51.5 Å². The van der Waals surface area contributed by atoms with Gasteiger partial charge in [-0.1, -0.05) is 25.3 Å². The van der Waals surface area contributed by atoms with Crippen LogP contribution in [0.5, 0.6) is 5.75 Å². The molecule has 4 aliphatic rings. The first-order valence-corrected chi connectivity index (χ1v) is 12.4. The van der Waals surface area contributed by atoms with Crippen molar-refractivity contribution in [3.05, 3.63) is 23.8 Å². The third-order valence-electron chi connectivity index (χ3n) is 7.85. The van der Waals surface area contributed by atoms with Gasteiger partial charge in [0.1, 0.15) is 5.75 Å². The quantitative estimate of drug-likeness (QED) is 0.553. The number of phenolic OH excluding ortho intramolecular Hbond substituents is 1. The van der Waals surface area contributed by atoms with Gasteiger partial charge < -0.3 is 15.1 Å². The minimum absolute atomic E-state index is 0.0679. The largest absolute Gasteiger partial charge is 0.508 e. The number of rotatable bonds is 6. The van der Waals surface area contributed by atoms with E-state index in [0.29, 0.717) is 29.8 Å². The molecule has 34 heavy (non-hydrogen) atoms. The van der Waals surface area contributed by atoms with Crippen molar-refractivity contribution in [2.24, 2.45) is 10.2 Å². The van der Waals surface area contributed by atoms with Gasteiger partial charge in [-0.3, -0.25) is 15.0 Å². The molecule has 1 saturated heterocycles. The Labute approximate surface area is 199 Å². The number of hydrogen-bond acceptors (Lipinski definition) is 7. The van der Waals surface area contributed by atoms with Crippen molar-refractivity contribution < 1.29 is 19.8 Å². The van der Waals surface area contributed by atoms with Gasteiger partial charge in [0.15, 0.2) is 5.71 Å². The predicted molar refractivity (Wildman–Crippen MR) is 129 cm³/mol. The van der Waals surface area contributed by atoms with Gasteiger partial charge in [-0.25, -0.2) is 5.01 Å². The number of piperidine rings is 1. The Kier molecular flexibility index (Phi) is 6.06. The van der Waals surface area contributed by atoms with E-state index in [1.807, 2.05) is 0 Å². The van der Waals surface area contributed by atoms with Gasteiger partial charge in [-0.15, -0.1) is 0 Å². The van der Waals surface area contributed by atoms with E-state index in [-0.39, 0.29) is 23.4 Å². The number of nitrogens with zero attached hydrogens (tertiary/aromatic N) is 4. The Morgan fingerprint density at radius 2 is 1.82 bits per heavy atom. The van der Waals surface area contributed by atoms with Gasteiger partial charge in [0.05, 0.1) is 22.9 Å². The molecule has 0 bridgehead atoms. The van der Waals surface area contributed by atoms with E-state index in [1.165, 1.54) is 18.9 Å². The molecule has 0 atom stereocenters. The Balaban J connectivity index is 1.27. The van der Waals surface area contributed by atoms with Gasteiger partial charge in [-0.2, -0.15) is 10.2 Å². The van der Waals surface area contributed by atoms with Crippen LogP contribution in [-0.4, -0.2) is 68.6 Å². The topological polar surface area (TPSA) is 118 Å². The second-order valence-corrected chi connectivity index (χ2v) is 10.1. The zero-order chi connectivity index (χ0) is 23.9. The van der Waals surface area contributed by atoms with Crippen molar-refractivity contribution in [2.75, 3.05) is 18.5 Å². The molecule has 2 aliphatic heterocycles. The highest BCUT2D eigenvalue weighted by Gasteiger charge is 2.43. The number of phenols is 1. The smallest absolute Gasteiger partial charge is 0.314 e. The summed E-state index contributed by atoms with van der Waals surface area (Å²) in [6, 6.07) is 5.68. The summed E-state index contributed by atoms with van der Waals surface area (Å²) in [6.07, 6.45) is 8.13. The number of amides is 1. The van der Waals surface area contributed by atoms with Gasteiger partial charge in [0.25, 0.3) is 5.91 Å². The lowest BCUT2D eigenvalue weighted by atomic mass is 9.69. The molecule has 0 unspecified atom stereocenters. The van der Waals surface area contributed by atoms with Crippen molar-refractivity contribution in [2.45, 2.75) is 82.2 Å². The summed E-state index contributed by atoms with van der Waals surface area (Å²) in [5, 5.41) is 31.0. The average Bonchev–Trinajstić information content (AvgIpc) is 3.64. The number of carbonyl (C=O) groups excluding carboxylic acids is 1. The van der Waals surface area contributed by atoms with Crippen molar-refractivity contribution in [1.82, 2.24) is 9.91 Å². The normalized spacial score (nSPS) is 25.0. The number of carboxylic acids is 1. The molecule has 2 aliphatic carbocycles. The van der Waals surface area contributed by atoms with E-state index in [2.05, 4.69) is 20.5 Å². The van der Waals surface area contributed by atoms with E-state index in [9.17, 15) is 19.8 Å². The first-order chi connectivity index (χ1) is 16.4. The minimum Gasteiger partial charge on any atom is -0.508 e. The predicted octanol–water partition coefficient (Wildman–Crippen LogP) is 3.29. The third-order valence-corrected chi connectivity index (χ3v) is 7.85. The van der Waals surface area contributed by atoms with Crippen LogP contribution in [0.3, 0.4) is 0 Å². The minimum atomic E-state index is -1.05. The van der Waals surface area contributed by atoms with Crippen LogP contribution in [0, 0.1) is 0 Å². The molecule has 0 aromatic heterocycles. The van der Waals surface area contributed by atoms with Crippen LogP contribution >= 0.6 is 0 Å². The molecule has 0 radical (unpaired) electrons. The SMILES string of the molecule is CC1=NN(C2CCN(C3CC3)CC2)C(=O)C1=NNc1ccc(C2(C(=O)O)CCCCC2)c(O)c1. The Morgan fingerprint density at radius 3 is 2.44 bits per heavy atom. The Hall–Kier alpha value is -2.94. The summed E-state index contributed by atoms with van der Waals surface area (Å²) < 4.78 is 0. The second-order valence-electron chi connectivity index (χ2n) is 10.1. The van der Waals surface area contributed by atoms with Crippen LogP contribution in [0.25, 0.3) is 0 Å². The summed E-state index contributed by atoms with van der Waals surface area (Å²) in [5.74, 6) is -1.17. The zero-order valence-corrected chi connectivity index (χ0v) is 19.7. The fourth-order valence-corrected chi connectivity index (χ4v) is 5.71. The summed E-state index contributed by atoms with van der Waals surface area (Å²) in [7, 11) is 0. The summed E-state index contributed by atoms with van der Waals surface area (Å²) in [6.45, 7) is 3.78. The lowest BCUT2D eigenvalue weighted by Gasteiger charge is -2.34. The Morgan fingerprint density at radius 1 is 1.12 bits per heavy atom. The summed E-state index contributed by atoms with van der Waals surface area (Å²) >= 11 is 0. The monoisotopic (exact) mass is 467 g/mol. The number of carboxylic acid groups (broad SMARTS) is 1. The van der Waals surface area contributed by atoms with Crippen molar-refractivity contribution in [1.29, 1.82) is 0 Å². The highest BCUT2D eigenvalue weighted by atomic mass is 16.4. The van der Waals surface area contributed by atoms with Crippen molar-refractivity contribution >= 4 is 29.0 Å². The van der Waals surface area contributed by atoms with E-state index in [0.717, 1.165) is 51.2 Å². The molecule has 1 aromatic rings. The highest BCUT2D eigenvalue weighted by Crippen LogP contribution is 2.44. The highest BCUT2D eigenvalue weighted by molar-refractivity contribution is 6.68. The first-order valence-electron chi connectivity index (χ1n) is 12.4. The van der Waals surface area contributed by atoms with Gasteiger partial charge in [0.2, 0.25) is 0 Å². The van der Waals surface area contributed by atoms with Gasteiger partial charge in [0, 0.05) is 30.8 Å².